The highest BCUT2D eigenvalue weighted by atomic mass is 32.2. The number of hydrogen-bond donors (Lipinski definition) is 1. The van der Waals surface area contributed by atoms with Gasteiger partial charge in [0, 0.05) is 12.5 Å². The fourth-order valence-corrected chi connectivity index (χ4v) is 5.28. The van der Waals surface area contributed by atoms with Gasteiger partial charge >= 0.3 is 0 Å². The Hall–Kier alpha value is -2.06. The van der Waals surface area contributed by atoms with Crippen molar-refractivity contribution in [3.05, 3.63) is 41.3 Å². The van der Waals surface area contributed by atoms with Crippen molar-refractivity contribution in [3.8, 4) is 11.5 Å². The SMILES string of the molecule is COc1ccc([C@@H](CNC(=O)C(C)C)S(=O)(=O)c2cccs2)cc1OC. The number of hydrogen-bond acceptors (Lipinski definition) is 6. The molecule has 1 aromatic heterocycles. The highest BCUT2D eigenvalue weighted by Gasteiger charge is 2.31. The van der Waals surface area contributed by atoms with Gasteiger partial charge < -0.3 is 14.8 Å². The summed E-state index contributed by atoms with van der Waals surface area (Å²) in [5, 5.41) is 3.52. The second kappa shape index (κ2) is 8.55. The van der Waals surface area contributed by atoms with Crippen LogP contribution in [0.15, 0.2) is 39.9 Å². The molecule has 1 amide bonds. The summed E-state index contributed by atoms with van der Waals surface area (Å²) in [6.07, 6.45) is 0. The van der Waals surface area contributed by atoms with E-state index in [-0.39, 0.29) is 22.6 Å². The predicted octanol–water partition coefficient (Wildman–Crippen LogP) is 3.05. The zero-order chi connectivity index (χ0) is 19.3. The molecule has 2 rings (SSSR count). The number of thiophene rings is 1. The maximum absolute atomic E-state index is 13.1. The van der Waals surface area contributed by atoms with Gasteiger partial charge in [-0.25, -0.2) is 8.42 Å². The number of ether oxygens (including phenoxy) is 2. The quantitative estimate of drug-likeness (QED) is 0.740. The Morgan fingerprint density at radius 1 is 1.15 bits per heavy atom. The predicted molar refractivity (Wildman–Crippen MR) is 102 cm³/mol. The van der Waals surface area contributed by atoms with E-state index in [1.54, 1.807) is 49.6 Å². The van der Waals surface area contributed by atoms with Gasteiger partial charge in [0.25, 0.3) is 0 Å². The fraction of sp³-hybridized carbons (Fsp3) is 0.389. The van der Waals surface area contributed by atoms with Crippen molar-refractivity contribution in [1.82, 2.24) is 5.32 Å². The van der Waals surface area contributed by atoms with E-state index in [0.29, 0.717) is 17.1 Å². The summed E-state index contributed by atoms with van der Waals surface area (Å²) in [6.45, 7) is 3.50. The molecule has 6 nitrogen and oxygen atoms in total. The van der Waals surface area contributed by atoms with E-state index in [1.807, 2.05) is 0 Å². The third kappa shape index (κ3) is 4.37. The number of methoxy groups -OCH3 is 2. The Kier molecular flexibility index (Phi) is 6.66. The van der Waals surface area contributed by atoms with Crippen LogP contribution in [0, 0.1) is 5.92 Å². The Bertz CT molecular complexity index is 844. The lowest BCUT2D eigenvalue weighted by Crippen LogP contribution is -2.34. The summed E-state index contributed by atoms with van der Waals surface area (Å²) >= 11 is 1.15. The first-order valence-corrected chi connectivity index (χ1v) is 10.5. The number of nitrogens with one attached hydrogen (secondary N) is 1. The molecule has 0 fully saturated rings. The van der Waals surface area contributed by atoms with Crippen LogP contribution in [0.1, 0.15) is 24.7 Å². The highest BCUT2D eigenvalue weighted by Crippen LogP contribution is 2.36. The standard InChI is InChI=1S/C18H23NO5S2/c1-12(2)18(20)19-11-16(26(21,22)17-6-5-9-25-17)13-7-8-14(23-3)15(10-13)24-4/h5-10,12,16H,11H2,1-4H3,(H,19,20)/t16-/m1/s1. The second-order valence-corrected chi connectivity index (χ2v) is 9.29. The molecule has 26 heavy (non-hydrogen) atoms. The van der Waals surface area contributed by atoms with Crippen molar-refractivity contribution < 1.29 is 22.7 Å². The minimum atomic E-state index is -3.67. The van der Waals surface area contributed by atoms with Gasteiger partial charge in [-0.2, -0.15) is 0 Å². The lowest BCUT2D eigenvalue weighted by molar-refractivity contribution is -0.123. The van der Waals surface area contributed by atoms with Gasteiger partial charge in [0.15, 0.2) is 21.3 Å². The maximum Gasteiger partial charge on any atom is 0.222 e. The number of amides is 1. The molecule has 142 valence electrons. The van der Waals surface area contributed by atoms with E-state index in [4.69, 9.17) is 9.47 Å². The molecule has 0 aliphatic rings. The fourth-order valence-electron chi connectivity index (χ4n) is 2.42. The molecule has 0 aliphatic carbocycles. The smallest absolute Gasteiger partial charge is 0.222 e. The molecule has 0 radical (unpaired) electrons. The Balaban J connectivity index is 2.45. The molecule has 0 spiro atoms. The third-order valence-electron chi connectivity index (χ3n) is 3.92. The average molecular weight is 398 g/mol. The molecule has 1 N–H and O–H groups in total. The first-order chi connectivity index (χ1) is 12.3. The summed E-state index contributed by atoms with van der Waals surface area (Å²) in [5.74, 6) is 0.517. The number of carbonyl (C=O) groups is 1. The average Bonchev–Trinajstić information content (AvgIpc) is 3.16. The zero-order valence-electron chi connectivity index (χ0n) is 15.2. The highest BCUT2D eigenvalue weighted by molar-refractivity contribution is 7.93. The van der Waals surface area contributed by atoms with Crippen molar-refractivity contribution in [2.24, 2.45) is 5.92 Å². The van der Waals surface area contributed by atoms with Crippen molar-refractivity contribution in [2.75, 3.05) is 20.8 Å². The number of rotatable bonds is 8. The molecule has 0 saturated carbocycles. The van der Waals surface area contributed by atoms with Gasteiger partial charge in [0.2, 0.25) is 5.91 Å². The molecule has 1 aromatic carbocycles. The molecular weight excluding hydrogens is 374 g/mol. The number of carbonyl (C=O) groups excluding carboxylic acids is 1. The maximum atomic E-state index is 13.1. The van der Waals surface area contributed by atoms with Crippen LogP contribution in [0.3, 0.4) is 0 Å². The van der Waals surface area contributed by atoms with E-state index < -0.39 is 15.1 Å². The topological polar surface area (TPSA) is 81.7 Å². The minimum absolute atomic E-state index is 0.0211. The van der Waals surface area contributed by atoms with E-state index in [9.17, 15) is 13.2 Å². The van der Waals surface area contributed by atoms with E-state index in [0.717, 1.165) is 11.3 Å². The molecule has 0 bridgehead atoms. The van der Waals surface area contributed by atoms with Crippen LogP contribution in [0.4, 0.5) is 0 Å². The van der Waals surface area contributed by atoms with E-state index in [2.05, 4.69) is 5.32 Å². The molecule has 1 heterocycles. The van der Waals surface area contributed by atoms with Crippen LogP contribution >= 0.6 is 11.3 Å². The van der Waals surface area contributed by atoms with Crippen LogP contribution in [-0.4, -0.2) is 35.1 Å². The van der Waals surface area contributed by atoms with E-state index >= 15 is 0 Å². The van der Waals surface area contributed by atoms with Gasteiger partial charge in [-0.15, -0.1) is 11.3 Å². The minimum Gasteiger partial charge on any atom is -0.493 e. The summed E-state index contributed by atoms with van der Waals surface area (Å²) in [7, 11) is -0.664. The van der Waals surface area contributed by atoms with Gasteiger partial charge in [0.05, 0.1) is 14.2 Å². The summed E-state index contributed by atoms with van der Waals surface area (Å²) in [4.78, 5) is 12.0. The van der Waals surface area contributed by atoms with Gasteiger partial charge in [-0.1, -0.05) is 26.0 Å². The Morgan fingerprint density at radius 3 is 2.38 bits per heavy atom. The molecule has 1 atom stereocenters. The molecule has 0 unspecified atom stereocenters. The summed E-state index contributed by atoms with van der Waals surface area (Å²) in [5.41, 5.74) is 0.528. The van der Waals surface area contributed by atoms with Crippen molar-refractivity contribution >= 4 is 27.1 Å². The summed E-state index contributed by atoms with van der Waals surface area (Å²) < 4.78 is 37.0. The number of sulfone groups is 1. The Morgan fingerprint density at radius 2 is 1.85 bits per heavy atom. The molecule has 0 saturated heterocycles. The van der Waals surface area contributed by atoms with Gasteiger partial charge in [-0.05, 0) is 29.1 Å². The van der Waals surface area contributed by atoms with Crippen LogP contribution in [0.2, 0.25) is 0 Å². The zero-order valence-corrected chi connectivity index (χ0v) is 16.8. The lowest BCUT2D eigenvalue weighted by Gasteiger charge is -2.20. The van der Waals surface area contributed by atoms with Crippen LogP contribution in [0.25, 0.3) is 0 Å². The molecule has 0 aliphatic heterocycles. The lowest BCUT2D eigenvalue weighted by atomic mass is 10.1. The molecular formula is C18H23NO5S2. The third-order valence-corrected chi connectivity index (χ3v) is 7.45. The first-order valence-electron chi connectivity index (χ1n) is 8.08. The van der Waals surface area contributed by atoms with Crippen LogP contribution in [-0.2, 0) is 14.6 Å². The normalized spacial score (nSPS) is 12.7. The van der Waals surface area contributed by atoms with Crippen LogP contribution < -0.4 is 14.8 Å². The van der Waals surface area contributed by atoms with Crippen LogP contribution in [0.5, 0.6) is 11.5 Å². The van der Waals surface area contributed by atoms with E-state index in [1.165, 1.54) is 14.2 Å². The number of benzene rings is 1. The Labute approximate surface area is 158 Å². The first kappa shape index (κ1) is 20.3. The monoisotopic (exact) mass is 397 g/mol. The largest absolute Gasteiger partial charge is 0.493 e. The second-order valence-electron chi connectivity index (χ2n) is 5.98. The van der Waals surface area contributed by atoms with Crippen molar-refractivity contribution in [1.29, 1.82) is 0 Å². The molecule has 8 heteroatoms. The summed E-state index contributed by atoms with van der Waals surface area (Å²) in [6, 6.07) is 8.23. The van der Waals surface area contributed by atoms with Gasteiger partial charge in [-0.3, -0.25) is 4.79 Å². The van der Waals surface area contributed by atoms with Crippen molar-refractivity contribution in [3.63, 3.8) is 0 Å². The van der Waals surface area contributed by atoms with Gasteiger partial charge in [0.1, 0.15) is 9.46 Å². The molecule has 2 aromatic rings. The van der Waals surface area contributed by atoms with Crippen molar-refractivity contribution in [2.45, 2.75) is 23.3 Å².